The second kappa shape index (κ2) is 5.56. The molecule has 100 valence electrons. The van der Waals surface area contributed by atoms with Crippen molar-refractivity contribution in [3.05, 3.63) is 48.0 Å². The highest BCUT2D eigenvalue weighted by Crippen LogP contribution is 2.24. The molecule has 0 saturated heterocycles. The Morgan fingerprint density at radius 1 is 1.32 bits per heavy atom. The van der Waals surface area contributed by atoms with Gasteiger partial charge in [0.25, 0.3) is 11.9 Å². The van der Waals surface area contributed by atoms with Crippen LogP contribution in [-0.4, -0.2) is 11.9 Å². The standard InChI is InChI=1S/C14H14FNO3/c1-9(2)16-14(17)12-6-7-13(19-12)18-11-5-3-4-10(15)8-11/h3-9H,1-2H3,(H,16,17). The largest absolute Gasteiger partial charge is 0.426 e. The van der Waals surface area contributed by atoms with E-state index in [9.17, 15) is 9.18 Å². The highest BCUT2D eigenvalue weighted by molar-refractivity contribution is 5.91. The van der Waals surface area contributed by atoms with Gasteiger partial charge >= 0.3 is 0 Å². The zero-order chi connectivity index (χ0) is 13.8. The van der Waals surface area contributed by atoms with Crippen LogP contribution in [0.3, 0.4) is 0 Å². The number of carbonyl (C=O) groups excluding carboxylic acids is 1. The minimum Gasteiger partial charge on any atom is -0.426 e. The van der Waals surface area contributed by atoms with Gasteiger partial charge < -0.3 is 14.5 Å². The topological polar surface area (TPSA) is 51.5 Å². The summed E-state index contributed by atoms with van der Waals surface area (Å²) >= 11 is 0. The van der Waals surface area contributed by atoms with Gasteiger partial charge in [-0.3, -0.25) is 4.79 Å². The molecule has 1 N–H and O–H groups in total. The normalized spacial score (nSPS) is 10.5. The van der Waals surface area contributed by atoms with E-state index in [0.717, 1.165) is 0 Å². The fraction of sp³-hybridized carbons (Fsp3) is 0.214. The van der Waals surface area contributed by atoms with Gasteiger partial charge in [0, 0.05) is 18.2 Å². The van der Waals surface area contributed by atoms with Crippen LogP contribution >= 0.6 is 0 Å². The lowest BCUT2D eigenvalue weighted by Gasteiger charge is -2.05. The molecule has 1 amide bonds. The molecule has 1 heterocycles. The first-order chi connectivity index (χ1) is 9.04. The molecular weight excluding hydrogens is 249 g/mol. The van der Waals surface area contributed by atoms with Gasteiger partial charge in [-0.1, -0.05) is 6.07 Å². The summed E-state index contributed by atoms with van der Waals surface area (Å²) in [6.45, 7) is 3.70. The molecule has 2 rings (SSSR count). The Morgan fingerprint density at radius 2 is 2.11 bits per heavy atom. The van der Waals surface area contributed by atoms with Crippen molar-refractivity contribution >= 4 is 5.91 Å². The van der Waals surface area contributed by atoms with Crippen LogP contribution in [0.15, 0.2) is 40.8 Å². The lowest BCUT2D eigenvalue weighted by atomic mass is 10.3. The van der Waals surface area contributed by atoms with Crippen molar-refractivity contribution in [1.82, 2.24) is 5.32 Å². The number of hydrogen-bond donors (Lipinski definition) is 1. The van der Waals surface area contributed by atoms with Gasteiger partial charge in [0.15, 0.2) is 5.76 Å². The Balaban J connectivity index is 2.07. The molecular formula is C14H14FNO3. The van der Waals surface area contributed by atoms with Gasteiger partial charge in [-0.2, -0.15) is 0 Å². The SMILES string of the molecule is CC(C)NC(=O)c1ccc(Oc2cccc(F)c2)o1. The summed E-state index contributed by atoms with van der Waals surface area (Å²) in [6, 6.07) is 8.71. The molecule has 0 aliphatic rings. The number of carbonyl (C=O) groups is 1. The second-order valence-electron chi connectivity index (χ2n) is 4.31. The molecule has 4 nitrogen and oxygen atoms in total. The highest BCUT2D eigenvalue weighted by atomic mass is 19.1. The van der Waals surface area contributed by atoms with Crippen LogP contribution in [0, 0.1) is 5.82 Å². The second-order valence-corrected chi connectivity index (χ2v) is 4.31. The lowest BCUT2D eigenvalue weighted by molar-refractivity contribution is 0.0910. The summed E-state index contributed by atoms with van der Waals surface area (Å²) in [4.78, 5) is 11.7. The summed E-state index contributed by atoms with van der Waals surface area (Å²) in [5, 5.41) is 2.70. The highest BCUT2D eigenvalue weighted by Gasteiger charge is 2.13. The van der Waals surface area contributed by atoms with E-state index in [1.807, 2.05) is 13.8 Å². The van der Waals surface area contributed by atoms with Crippen molar-refractivity contribution < 1.29 is 18.3 Å². The molecule has 1 aromatic carbocycles. The number of ether oxygens (including phenoxy) is 1. The van der Waals surface area contributed by atoms with E-state index in [2.05, 4.69) is 5.32 Å². The van der Waals surface area contributed by atoms with E-state index in [1.54, 1.807) is 6.07 Å². The molecule has 0 atom stereocenters. The third-order valence-corrected chi connectivity index (χ3v) is 2.24. The zero-order valence-electron chi connectivity index (χ0n) is 10.6. The molecule has 0 radical (unpaired) electrons. The van der Waals surface area contributed by atoms with Gasteiger partial charge in [-0.15, -0.1) is 0 Å². The maximum absolute atomic E-state index is 13.0. The van der Waals surface area contributed by atoms with Crippen molar-refractivity contribution in [1.29, 1.82) is 0 Å². The summed E-state index contributed by atoms with van der Waals surface area (Å²) in [5.41, 5.74) is 0. The van der Waals surface area contributed by atoms with E-state index in [0.29, 0.717) is 5.75 Å². The van der Waals surface area contributed by atoms with Crippen molar-refractivity contribution in [2.24, 2.45) is 0 Å². The Kier molecular flexibility index (Phi) is 3.85. The molecule has 0 spiro atoms. The maximum atomic E-state index is 13.0. The summed E-state index contributed by atoms with van der Waals surface area (Å²) in [5.74, 6) is -0.115. The quantitative estimate of drug-likeness (QED) is 0.920. The number of amides is 1. The van der Waals surface area contributed by atoms with Crippen LogP contribution in [0.2, 0.25) is 0 Å². The predicted molar refractivity (Wildman–Crippen MR) is 67.8 cm³/mol. The monoisotopic (exact) mass is 263 g/mol. The number of rotatable bonds is 4. The Bertz CT molecular complexity index is 578. The number of benzene rings is 1. The van der Waals surface area contributed by atoms with Gasteiger partial charge in [0.2, 0.25) is 0 Å². The van der Waals surface area contributed by atoms with Crippen molar-refractivity contribution in [3.8, 4) is 11.7 Å². The molecule has 2 aromatic rings. The minimum atomic E-state index is -0.401. The third kappa shape index (κ3) is 3.58. The van der Waals surface area contributed by atoms with Crippen molar-refractivity contribution in [2.75, 3.05) is 0 Å². The van der Waals surface area contributed by atoms with E-state index in [-0.39, 0.29) is 23.7 Å². The van der Waals surface area contributed by atoms with E-state index >= 15 is 0 Å². The smallest absolute Gasteiger partial charge is 0.290 e. The van der Waals surface area contributed by atoms with Crippen LogP contribution in [0.4, 0.5) is 4.39 Å². The number of furan rings is 1. The molecule has 0 saturated carbocycles. The van der Waals surface area contributed by atoms with Gasteiger partial charge in [0.05, 0.1) is 0 Å². The predicted octanol–water partition coefficient (Wildman–Crippen LogP) is 3.35. The van der Waals surface area contributed by atoms with E-state index in [4.69, 9.17) is 9.15 Å². The fourth-order valence-electron chi connectivity index (χ4n) is 1.48. The fourth-order valence-corrected chi connectivity index (χ4v) is 1.48. The van der Waals surface area contributed by atoms with Crippen molar-refractivity contribution in [3.63, 3.8) is 0 Å². The Hall–Kier alpha value is -2.30. The van der Waals surface area contributed by atoms with Gasteiger partial charge in [-0.05, 0) is 32.0 Å². The average molecular weight is 263 g/mol. The third-order valence-electron chi connectivity index (χ3n) is 2.24. The zero-order valence-corrected chi connectivity index (χ0v) is 10.6. The van der Waals surface area contributed by atoms with E-state index < -0.39 is 5.82 Å². The summed E-state index contributed by atoms with van der Waals surface area (Å²) in [7, 11) is 0. The molecule has 0 fully saturated rings. The molecule has 0 unspecified atom stereocenters. The molecule has 0 aliphatic heterocycles. The van der Waals surface area contributed by atoms with Crippen LogP contribution in [0.25, 0.3) is 0 Å². The van der Waals surface area contributed by atoms with Crippen LogP contribution in [0.1, 0.15) is 24.4 Å². The molecule has 0 bridgehead atoms. The minimum absolute atomic E-state index is 0.0187. The summed E-state index contributed by atoms with van der Waals surface area (Å²) < 4.78 is 23.5. The van der Waals surface area contributed by atoms with Gasteiger partial charge in [-0.25, -0.2) is 4.39 Å². The average Bonchev–Trinajstić information content (AvgIpc) is 2.76. The lowest BCUT2D eigenvalue weighted by Crippen LogP contribution is -2.29. The van der Waals surface area contributed by atoms with Crippen LogP contribution in [-0.2, 0) is 0 Å². The maximum Gasteiger partial charge on any atom is 0.290 e. The molecule has 19 heavy (non-hydrogen) atoms. The first-order valence-corrected chi connectivity index (χ1v) is 5.89. The van der Waals surface area contributed by atoms with Crippen molar-refractivity contribution in [2.45, 2.75) is 19.9 Å². The number of hydrogen-bond acceptors (Lipinski definition) is 3. The number of nitrogens with one attached hydrogen (secondary N) is 1. The Morgan fingerprint density at radius 3 is 2.79 bits per heavy atom. The first kappa shape index (κ1) is 13.1. The number of halogens is 1. The first-order valence-electron chi connectivity index (χ1n) is 5.89. The van der Waals surface area contributed by atoms with Gasteiger partial charge in [0.1, 0.15) is 11.6 Å². The molecule has 1 aromatic heterocycles. The summed E-state index contributed by atoms with van der Waals surface area (Å²) in [6.07, 6.45) is 0. The van der Waals surface area contributed by atoms with Crippen LogP contribution < -0.4 is 10.1 Å². The molecule has 5 heteroatoms. The van der Waals surface area contributed by atoms with E-state index in [1.165, 1.54) is 30.3 Å². The Labute approximate surface area is 110 Å². The molecule has 0 aliphatic carbocycles. The van der Waals surface area contributed by atoms with Crippen LogP contribution in [0.5, 0.6) is 11.7 Å².